The number of fused-ring (bicyclic) bond motifs is 17. The normalized spacial score (nSPS) is 15.8. The fourth-order valence-corrected chi connectivity index (χ4v) is 11.0. The van der Waals surface area contributed by atoms with Crippen LogP contribution in [0.15, 0.2) is 170 Å². The summed E-state index contributed by atoms with van der Waals surface area (Å²) in [5, 5.41) is 7.52. The third-order valence-corrected chi connectivity index (χ3v) is 13.1. The van der Waals surface area contributed by atoms with Gasteiger partial charge in [0.25, 0.3) is 0 Å². The molecule has 0 bridgehead atoms. The van der Waals surface area contributed by atoms with Gasteiger partial charge in [-0.3, -0.25) is 0 Å². The third-order valence-electron chi connectivity index (χ3n) is 12.0. The maximum Gasteiger partial charge on any atom is 0.133 e. The molecule has 5 heterocycles. The number of nitrogens with zero attached hydrogens (tertiary/aromatic N) is 2. The summed E-state index contributed by atoms with van der Waals surface area (Å²) in [6, 6.07) is 62.7. The maximum absolute atomic E-state index is 7.02. The average molecular weight is 693 g/mol. The van der Waals surface area contributed by atoms with Crippen molar-refractivity contribution < 1.29 is 4.74 Å². The van der Waals surface area contributed by atoms with E-state index in [9.17, 15) is 0 Å². The van der Waals surface area contributed by atoms with Crippen LogP contribution in [0.1, 0.15) is 22.3 Å². The van der Waals surface area contributed by atoms with Crippen molar-refractivity contribution in [3.8, 4) is 22.9 Å². The average Bonchev–Trinajstić information content (AvgIpc) is 3.87. The van der Waals surface area contributed by atoms with Gasteiger partial charge in [-0.2, -0.15) is 0 Å². The fourth-order valence-electron chi connectivity index (χ4n) is 9.92. The molecular formula is C49H28N2OS. The first-order chi connectivity index (χ1) is 26.3. The van der Waals surface area contributed by atoms with Crippen LogP contribution >= 0.6 is 11.3 Å². The number of thiophene rings is 1. The van der Waals surface area contributed by atoms with Gasteiger partial charge in [0.15, 0.2) is 0 Å². The van der Waals surface area contributed by atoms with Gasteiger partial charge in [-0.15, -0.1) is 11.3 Å². The minimum Gasteiger partial charge on any atom is -0.457 e. The van der Waals surface area contributed by atoms with Crippen molar-refractivity contribution in [1.29, 1.82) is 0 Å². The van der Waals surface area contributed by atoms with Gasteiger partial charge in [0.05, 0.1) is 33.2 Å². The predicted molar refractivity (Wildman–Crippen MR) is 220 cm³/mol. The van der Waals surface area contributed by atoms with Crippen molar-refractivity contribution in [3.63, 3.8) is 0 Å². The predicted octanol–water partition coefficient (Wildman–Crippen LogP) is 13.1. The zero-order chi connectivity index (χ0) is 34.4. The van der Waals surface area contributed by atoms with Crippen molar-refractivity contribution in [2.24, 2.45) is 0 Å². The smallest absolute Gasteiger partial charge is 0.133 e. The van der Waals surface area contributed by atoms with E-state index >= 15 is 0 Å². The van der Waals surface area contributed by atoms with Crippen molar-refractivity contribution >= 4 is 75.1 Å². The second kappa shape index (κ2) is 9.82. The zero-order valence-corrected chi connectivity index (χ0v) is 29.2. The quantitative estimate of drug-likeness (QED) is 0.168. The van der Waals surface area contributed by atoms with E-state index in [1.165, 1.54) is 80.6 Å². The highest BCUT2D eigenvalue weighted by Gasteiger charge is 2.50. The van der Waals surface area contributed by atoms with Crippen LogP contribution < -0.4 is 4.74 Å². The Hall–Kier alpha value is -6.62. The van der Waals surface area contributed by atoms with Crippen LogP contribution in [0.4, 0.5) is 0 Å². The van der Waals surface area contributed by atoms with E-state index in [4.69, 9.17) is 4.74 Å². The Labute approximate surface area is 308 Å². The van der Waals surface area contributed by atoms with Gasteiger partial charge in [-0.25, -0.2) is 0 Å². The summed E-state index contributed by atoms with van der Waals surface area (Å²) in [4.78, 5) is 0. The Bertz CT molecular complexity index is 3400. The third kappa shape index (κ3) is 3.36. The van der Waals surface area contributed by atoms with Crippen LogP contribution in [0, 0.1) is 0 Å². The molecule has 2 aliphatic rings. The van der Waals surface area contributed by atoms with Crippen LogP contribution in [0.5, 0.6) is 11.5 Å². The lowest BCUT2D eigenvalue weighted by Gasteiger charge is -2.45. The minimum absolute atomic E-state index is 0.631. The van der Waals surface area contributed by atoms with Gasteiger partial charge >= 0.3 is 0 Å². The summed E-state index contributed by atoms with van der Waals surface area (Å²) in [7, 11) is 0. The molecule has 1 atom stereocenters. The molecule has 53 heavy (non-hydrogen) atoms. The summed E-state index contributed by atoms with van der Waals surface area (Å²) < 4.78 is 14.6. The summed E-state index contributed by atoms with van der Waals surface area (Å²) >= 11 is 1.86. The molecule has 246 valence electrons. The van der Waals surface area contributed by atoms with E-state index in [2.05, 4.69) is 179 Å². The Kier molecular flexibility index (Phi) is 5.19. The van der Waals surface area contributed by atoms with Crippen molar-refractivity contribution in [1.82, 2.24) is 9.13 Å². The van der Waals surface area contributed by atoms with E-state index in [0.29, 0.717) is 0 Å². The van der Waals surface area contributed by atoms with Gasteiger partial charge in [-0.1, -0.05) is 109 Å². The van der Waals surface area contributed by atoms with Crippen molar-refractivity contribution in [2.45, 2.75) is 5.41 Å². The standard InChI is InChI=1S/C49H28N2OS/c1-7-20-41-30(12-1)33-15-11-18-38-48(33)51(41)42-21-8-4-16-36(42)49(38)37-17-5-9-22-44(37)52-45-27-34-31-13-2-6-19-40(31)50(43(34)28-39(45)49)29-24-25-47-35(26-29)32-14-3-10-23-46(32)53-47/h1-28H. The molecular weight excluding hydrogens is 665 g/mol. The highest BCUT2D eigenvalue weighted by Crippen LogP contribution is 2.61. The van der Waals surface area contributed by atoms with E-state index in [0.717, 1.165) is 28.3 Å². The lowest BCUT2D eigenvalue weighted by Crippen LogP contribution is -2.37. The van der Waals surface area contributed by atoms with Crippen LogP contribution in [0.3, 0.4) is 0 Å². The van der Waals surface area contributed by atoms with Crippen LogP contribution in [0.2, 0.25) is 0 Å². The first-order valence-corrected chi connectivity index (χ1v) is 19.0. The molecule has 0 N–H and O–H groups in total. The molecule has 1 unspecified atom stereocenters. The lowest BCUT2D eigenvalue weighted by atomic mass is 9.61. The molecule has 1 spiro atoms. The van der Waals surface area contributed by atoms with E-state index in [-0.39, 0.29) is 0 Å². The number of hydrogen-bond donors (Lipinski definition) is 0. The van der Waals surface area contributed by atoms with Gasteiger partial charge in [-0.05, 0) is 71.8 Å². The highest BCUT2D eigenvalue weighted by atomic mass is 32.1. The SMILES string of the molecule is c1ccc2c(c1)Oc1cc3c4ccccc4n(-c4ccc5sc6ccccc6c5c4)c3cc1C21c2ccccc2-n2c3ccccc3c3cccc1c32. The first kappa shape index (κ1) is 28.0. The van der Waals surface area contributed by atoms with Gasteiger partial charge in [0.1, 0.15) is 11.5 Å². The lowest BCUT2D eigenvalue weighted by molar-refractivity contribution is 0.435. The molecule has 0 saturated heterocycles. The maximum atomic E-state index is 7.02. The van der Waals surface area contributed by atoms with Crippen LogP contribution in [-0.4, -0.2) is 9.13 Å². The Morgan fingerprint density at radius 1 is 0.396 bits per heavy atom. The number of rotatable bonds is 1. The molecule has 13 rings (SSSR count). The summed E-state index contributed by atoms with van der Waals surface area (Å²) in [5.41, 5.74) is 11.4. The summed E-state index contributed by atoms with van der Waals surface area (Å²) in [5.74, 6) is 1.80. The van der Waals surface area contributed by atoms with Crippen LogP contribution in [-0.2, 0) is 5.41 Å². The van der Waals surface area contributed by atoms with Crippen molar-refractivity contribution in [3.05, 3.63) is 192 Å². The number of para-hydroxylation sites is 5. The number of hydrogen-bond acceptors (Lipinski definition) is 2. The molecule has 8 aromatic carbocycles. The van der Waals surface area contributed by atoms with Gasteiger partial charge in [0, 0.05) is 58.5 Å². The molecule has 0 fully saturated rings. The Balaban J connectivity index is 1.21. The molecule has 11 aromatic rings. The van der Waals surface area contributed by atoms with E-state index < -0.39 is 5.41 Å². The molecule has 4 heteroatoms. The fraction of sp³-hybridized carbons (Fsp3) is 0.0204. The molecule has 0 amide bonds. The molecule has 2 aliphatic heterocycles. The molecule has 0 saturated carbocycles. The summed E-state index contributed by atoms with van der Waals surface area (Å²) in [6.07, 6.45) is 0. The number of ether oxygens (including phenoxy) is 1. The van der Waals surface area contributed by atoms with Crippen molar-refractivity contribution in [2.75, 3.05) is 0 Å². The molecule has 0 aliphatic carbocycles. The minimum atomic E-state index is -0.631. The molecule has 3 nitrogen and oxygen atoms in total. The summed E-state index contributed by atoms with van der Waals surface area (Å²) in [6.45, 7) is 0. The van der Waals surface area contributed by atoms with E-state index in [1.807, 2.05) is 11.3 Å². The van der Waals surface area contributed by atoms with E-state index in [1.54, 1.807) is 0 Å². The first-order valence-electron chi connectivity index (χ1n) is 18.2. The Morgan fingerprint density at radius 3 is 1.94 bits per heavy atom. The Morgan fingerprint density at radius 2 is 1.06 bits per heavy atom. The number of benzene rings is 8. The highest BCUT2D eigenvalue weighted by molar-refractivity contribution is 7.25. The molecule has 0 radical (unpaired) electrons. The largest absolute Gasteiger partial charge is 0.457 e. The van der Waals surface area contributed by atoms with Crippen LogP contribution in [0.25, 0.3) is 75.2 Å². The van der Waals surface area contributed by atoms with Gasteiger partial charge in [0.2, 0.25) is 0 Å². The molecule has 3 aromatic heterocycles. The number of aromatic nitrogens is 2. The van der Waals surface area contributed by atoms with Gasteiger partial charge < -0.3 is 13.9 Å². The monoisotopic (exact) mass is 692 g/mol. The second-order valence-corrected chi connectivity index (χ2v) is 15.5. The zero-order valence-electron chi connectivity index (χ0n) is 28.4. The topological polar surface area (TPSA) is 19.1 Å². The second-order valence-electron chi connectivity index (χ2n) is 14.4.